The molecular weight excluding hydrogens is 192 g/mol. The maximum Gasteiger partial charge on any atom is 0.249 e. The van der Waals surface area contributed by atoms with E-state index in [1.54, 1.807) is 6.92 Å². The number of amides is 1. The van der Waals surface area contributed by atoms with Gasteiger partial charge in [-0.25, -0.2) is 0 Å². The minimum Gasteiger partial charge on any atom is -0.372 e. The molecule has 3 N–H and O–H groups in total. The van der Waals surface area contributed by atoms with Crippen molar-refractivity contribution in [1.29, 1.82) is 0 Å². The fourth-order valence-electron chi connectivity index (χ4n) is 1.59. The first-order valence-corrected chi connectivity index (χ1v) is 5.39. The lowest BCUT2D eigenvalue weighted by Crippen LogP contribution is -2.54. The first kappa shape index (κ1) is 14.4. The van der Waals surface area contributed by atoms with Gasteiger partial charge in [0.2, 0.25) is 5.91 Å². The first-order valence-electron chi connectivity index (χ1n) is 5.39. The van der Waals surface area contributed by atoms with Crippen molar-refractivity contribution in [3.05, 3.63) is 0 Å². The van der Waals surface area contributed by atoms with Gasteiger partial charge in [-0.1, -0.05) is 13.8 Å². The molecule has 2 atom stereocenters. The van der Waals surface area contributed by atoms with Crippen molar-refractivity contribution < 1.29 is 9.53 Å². The second-order valence-corrected chi connectivity index (χ2v) is 4.73. The summed E-state index contributed by atoms with van der Waals surface area (Å²) >= 11 is 0. The topological polar surface area (TPSA) is 64.3 Å². The highest BCUT2D eigenvalue weighted by Crippen LogP contribution is 2.15. The predicted octanol–water partition coefficient (Wildman–Crippen LogP) is 0.901. The van der Waals surface area contributed by atoms with E-state index in [4.69, 9.17) is 10.5 Å². The van der Waals surface area contributed by atoms with E-state index in [-0.39, 0.29) is 11.4 Å². The number of carbonyl (C=O) groups excluding carboxylic acids is 1. The summed E-state index contributed by atoms with van der Waals surface area (Å²) in [6.07, 6.45) is 0.439. The second kappa shape index (κ2) is 6.08. The number of nitrogens with two attached hydrogens (primary N) is 1. The van der Waals surface area contributed by atoms with Crippen LogP contribution in [0.4, 0.5) is 0 Å². The zero-order chi connectivity index (χ0) is 12.1. The molecule has 1 amide bonds. The second-order valence-electron chi connectivity index (χ2n) is 4.73. The molecule has 0 saturated carbocycles. The van der Waals surface area contributed by atoms with E-state index in [9.17, 15) is 4.79 Å². The molecule has 0 aromatic heterocycles. The fourth-order valence-corrected chi connectivity index (χ4v) is 1.59. The van der Waals surface area contributed by atoms with Crippen LogP contribution in [0.3, 0.4) is 0 Å². The van der Waals surface area contributed by atoms with Gasteiger partial charge in [-0.2, -0.15) is 0 Å². The van der Waals surface area contributed by atoms with E-state index in [1.807, 2.05) is 6.92 Å². The smallest absolute Gasteiger partial charge is 0.249 e. The average molecular weight is 216 g/mol. The Morgan fingerprint density at radius 1 is 1.47 bits per heavy atom. The van der Waals surface area contributed by atoms with Crippen LogP contribution in [0.1, 0.15) is 34.1 Å². The van der Waals surface area contributed by atoms with E-state index >= 15 is 0 Å². The Morgan fingerprint density at radius 2 is 2.00 bits per heavy atom. The summed E-state index contributed by atoms with van der Waals surface area (Å²) in [6, 6.07) is 0. The van der Waals surface area contributed by atoms with E-state index < -0.39 is 6.10 Å². The molecule has 0 aromatic carbocycles. The molecule has 0 rings (SSSR count). The molecule has 15 heavy (non-hydrogen) atoms. The van der Waals surface area contributed by atoms with Crippen LogP contribution in [0.5, 0.6) is 0 Å². The van der Waals surface area contributed by atoms with E-state index in [2.05, 4.69) is 19.2 Å². The van der Waals surface area contributed by atoms with E-state index in [1.165, 1.54) is 7.11 Å². The Kier molecular flexibility index (Phi) is 5.83. The molecule has 0 aliphatic carbocycles. The van der Waals surface area contributed by atoms with Gasteiger partial charge in [0.05, 0.1) is 0 Å². The molecule has 0 spiro atoms. The van der Waals surface area contributed by atoms with Gasteiger partial charge in [0.15, 0.2) is 0 Å². The number of rotatable bonds is 6. The summed E-state index contributed by atoms with van der Waals surface area (Å²) in [5, 5.41) is 2.94. The molecule has 90 valence electrons. The lowest BCUT2D eigenvalue weighted by molar-refractivity contribution is -0.132. The lowest BCUT2D eigenvalue weighted by atomic mass is 9.90. The Morgan fingerprint density at radius 3 is 2.33 bits per heavy atom. The molecular formula is C11H24N2O2. The largest absolute Gasteiger partial charge is 0.372 e. The van der Waals surface area contributed by atoms with Gasteiger partial charge in [-0.15, -0.1) is 0 Å². The van der Waals surface area contributed by atoms with Crippen LogP contribution in [0.2, 0.25) is 0 Å². The van der Waals surface area contributed by atoms with Gasteiger partial charge in [-0.05, 0) is 26.2 Å². The van der Waals surface area contributed by atoms with Crippen molar-refractivity contribution in [3.8, 4) is 0 Å². The molecule has 0 aliphatic rings. The SMILES string of the molecule is COC(C)C(=O)NC(C)(CN)CC(C)C. The van der Waals surface area contributed by atoms with Gasteiger partial charge in [-0.3, -0.25) is 4.79 Å². The van der Waals surface area contributed by atoms with Crippen LogP contribution in [-0.2, 0) is 9.53 Å². The lowest BCUT2D eigenvalue weighted by Gasteiger charge is -2.32. The minimum atomic E-state index is -0.428. The van der Waals surface area contributed by atoms with Gasteiger partial charge < -0.3 is 15.8 Å². The number of carbonyl (C=O) groups is 1. The normalized spacial score (nSPS) is 17.3. The van der Waals surface area contributed by atoms with Gasteiger partial charge >= 0.3 is 0 Å². The van der Waals surface area contributed by atoms with Crippen molar-refractivity contribution in [2.24, 2.45) is 11.7 Å². The number of ether oxygens (including phenoxy) is 1. The average Bonchev–Trinajstić information content (AvgIpc) is 2.15. The molecule has 4 nitrogen and oxygen atoms in total. The van der Waals surface area contributed by atoms with Crippen LogP contribution in [0.15, 0.2) is 0 Å². The number of hydrogen-bond acceptors (Lipinski definition) is 3. The summed E-state index contributed by atoms with van der Waals surface area (Å²) in [7, 11) is 1.52. The third kappa shape index (κ3) is 5.14. The Balaban J connectivity index is 4.36. The van der Waals surface area contributed by atoms with Crippen molar-refractivity contribution in [2.75, 3.05) is 13.7 Å². The van der Waals surface area contributed by atoms with Crippen LogP contribution < -0.4 is 11.1 Å². The van der Waals surface area contributed by atoms with E-state index in [0.29, 0.717) is 12.5 Å². The predicted molar refractivity (Wildman–Crippen MR) is 61.5 cm³/mol. The highest BCUT2D eigenvalue weighted by molar-refractivity contribution is 5.81. The number of hydrogen-bond donors (Lipinski definition) is 2. The molecule has 0 radical (unpaired) electrons. The van der Waals surface area contributed by atoms with Crippen LogP contribution in [-0.4, -0.2) is 31.2 Å². The van der Waals surface area contributed by atoms with Crippen molar-refractivity contribution in [2.45, 2.75) is 45.8 Å². The minimum absolute atomic E-state index is 0.105. The number of methoxy groups -OCH3 is 1. The third-order valence-electron chi connectivity index (χ3n) is 2.46. The summed E-state index contributed by atoms with van der Waals surface area (Å²) in [5.74, 6) is 0.391. The molecule has 2 unspecified atom stereocenters. The Hall–Kier alpha value is -0.610. The van der Waals surface area contributed by atoms with Crippen LogP contribution >= 0.6 is 0 Å². The molecule has 4 heteroatoms. The molecule has 0 bridgehead atoms. The summed E-state index contributed by atoms with van der Waals surface area (Å²) < 4.78 is 4.95. The molecule has 0 aliphatic heterocycles. The Bertz CT molecular complexity index is 207. The molecule has 0 saturated heterocycles. The summed E-state index contributed by atoms with van der Waals surface area (Å²) in [6.45, 7) is 8.35. The van der Waals surface area contributed by atoms with E-state index in [0.717, 1.165) is 6.42 Å². The maximum atomic E-state index is 11.6. The highest BCUT2D eigenvalue weighted by atomic mass is 16.5. The van der Waals surface area contributed by atoms with Crippen molar-refractivity contribution in [1.82, 2.24) is 5.32 Å². The summed E-state index contributed by atoms with van der Waals surface area (Å²) in [5.41, 5.74) is 5.35. The monoisotopic (exact) mass is 216 g/mol. The molecule has 0 heterocycles. The number of nitrogens with one attached hydrogen (secondary N) is 1. The fraction of sp³-hybridized carbons (Fsp3) is 0.909. The zero-order valence-electron chi connectivity index (χ0n) is 10.5. The third-order valence-corrected chi connectivity index (χ3v) is 2.46. The quantitative estimate of drug-likeness (QED) is 0.693. The maximum absolute atomic E-state index is 11.6. The molecule has 0 aromatic rings. The Labute approximate surface area is 92.6 Å². The van der Waals surface area contributed by atoms with Gasteiger partial charge in [0.25, 0.3) is 0 Å². The summed E-state index contributed by atoms with van der Waals surface area (Å²) in [4.78, 5) is 11.6. The van der Waals surface area contributed by atoms with Crippen LogP contribution in [0, 0.1) is 5.92 Å². The zero-order valence-corrected chi connectivity index (χ0v) is 10.5. The molecule has 0 fully saturated rings. The standard InChI is InChI=1S/C11H24N2O2/c1-8(2)6-11(4,7-12)13-10(14)9(3)15-5/h8-9H,6-7,12H2,1-5H3,(H,13,14). The highest BCUT2D eigenvalue weighted by Gasteiger charge is 2.27. The van der Waals surface area contributed by atoms with Gasteiger partial charge in [0.1, 0.15) is 6.10 Å². The first-order chi connectivity index (χ1) is 6.84. The van der Waals surface area contributed by atoms with Crippen LogP contribution in [0.25, 0.3) is 0 Å². The van der Waals surface area contributed by atoms with Crippen molar-refractivity contribution in [3.63, 3.8) is 0 Å². The van der Waals surface area contributed by atoms with Gasteiger partial charge in [0, 0.05) is 19.2 Å². The van der Waals surface area contributed by atoms with Crippen molar-refractivity contribution >= 4 is 5.91 Å².